The average Bonchev–Trinajstić information content (AvgIpc) is 2.75. The van der Waals surface area contributed by atoms with Gasteiger partial charge >= 0.3 is 0 Å². The fourth-order valence-corrected chi connectivity index (χ4v) is 7.96. The molecule has 1 aromatic rings. The zero-order chi connectivity index (χ0) is 21.9. The van der Waals surface area contributed by atoms with Crippen LogP contribution >= 0.6 is 0 Å². The maximum atomic E-state index is 13.3. The number of nitro groups is 1. The van der Waals surface area contributed by atoms with Crippen molar-refractivity contribution in [2.45, 2.75) is 56.0 Å². The van der Waals surface area contributed by atoms with Crippen LogP contribution in [0, 0.1) is 10.1 Å². The number of hydrogen-bond acceptors (Lipinski definition) is 6. The van der Waals surface area contributed by atoms with E-state index in [1.54, 1.807) is 12.2 Å². The lowest BCUT2D eigenvalue weighted by Gasteiger charge is -2.34. The molecule has 3 rings (SSSR count). The summed E-state index contributed by atoms with van der Waals surface area (Å²) in [6.45, 7) is 1.69. The summed E-state index contributed by atoms with van der Waals surface area (Å²) in [6, 6.07) is 4.17. The lowest BCUT2D eigenvalue weighted by atomic mass is 9.95. The molecular formula is C19H27N3O6S2. The highest BCUT2D eigenvalue weighted by molar-refractivity contribution is 7.90. The maximum absolute atomic E-state index is 13.3. The van der Waals surface area contributed by atoms with Crippen LogP contribution in [0.4, 0.5) is 5.69 Å². The van der Waals surface area contributed by atoms with E-state index >= 15 is 0 Å². The van der Waals surface area contributed by atoms with Gasteiger partial charge in [-0.1, -0.05) is 43.5 Å². The van der Waals surface area contributed by atoms with Gasteiger partial charge in [-0.3, -0.25) is 10.1 Å². The van der Waals surface area contributed by atoms with Gasteiger partial charge in [0.25, 0.3) is 5.69 Å². The molecule has 0 unspecified atom stereocenters. The highest BCUT2D eigenvalue weighted by Gasteiger charge is 2.38. The van der Waals surface area contributed by atoms with E-state index in [1.165, 1.54) is 29.4 Å². The molecule has 1 saturated carbocycles. The largest absolute Gasteiger partial charge is 0.289 e. The zero-order valence-corrected chi connectivity index (χ0v) is 18.5. The van der Waals surface area contributed by atoms with Crippen molar-refractivity contribution in [3.8, 4) is 0 Å². The van der Waals surface area contributed by atoms with Gasteiger partial charge in [0.05, 0.1) is 10.7 Å². The minimum absolute atomic E-state index is 0.0520. The van der Waals surface area contributed by atoms with Crippen LogP contribution in [0.25, 0.3) is 0 Å². The van der Waals surface area contributed by atoms with Gasteiger partial charge in [-0.2, -0.15) is 8.61 Å². The average molecular weight is 458 g/mol. The first-order valence-corrected chi connectivity index (χ1v) is 13.1. The number of nitro benzene ring substituents is 1. The topological polar surface area (TPSA) is 118 Å². The van der Waals surface area contributed by atoms with Crippen molar-refractivity contribution in [1.82, 2.24) is 8.61 Å². The van der Waals surface area contributed by atoms with Gasteiger partial charge in [-0.25, -0.2) is 16.8 Å². The summed E-state index contributed by atoms with van der Waals surface area (Å²) < 4.78 is 55.4. The van der Waals surface area contributed by atoms with E-state index in [0.29, 0.717) is 0 Å². The third-order valence-electron chi connectivity index (χ3n) is 5.67. The van der Waals surface area contributed by atoms with Gasteiger partial charge in [0, 0.05) is 31.2 Å². The van der Waals surface area contributed by atoms with Crippen LogP contribution in [-0.2, 0) is 20.0 Å². The molecule has 2 aliphatic rings. The quantitative estimate of drug-likeness (QED) is 0.389. The van der Waals surface area contributed by atoms with Gasteiger partial charge < -0.3 is 0 Å². The monoisotopic (exact) mass is 457 g/mol. The van der Waals surface area contributed by atoms with Gasteiger partial charge in [0.1, 0.15) is 0 Å². The number of para-hydroxylation sites is 1. The van der Waals surface area contributed by atoms with E-state index in [4.69, 9.17) is 0 Å². The van der Waals surface area contributed by atoms with E-state index in [2.05, 4.69) is 0 Å². The molecule has 11 heteroatoms. The second-order valence-corrected chi connectivity index (χ2v) is 11.6. The van der Waals surface area contributed by atoms with E-state index < -0.39 is 41.6 Å². The van der Waals surface area contributed by atoms with Gasteiger partial charge in [-0.05, 0) is 25.8 Å². The molecule has 0 radical (unpaired) electrons. The predicted molar refractivity (Wildman–Crippen MR) is 113 cm³/mol. The van der Waals surface area contributed by atoms with Crippen LogP contribution in [0.5, 0.6) is 0 Å². The van der Waals surface area contributed by atoms with E-state index in [0.717, 1.165) is 42.5 Å². The fraction of sp³-hybridized carbons (Fsp3) is 0.579. The molecule has 0 bridgehead atoms. The predicted octanol–water partition coefficient (Wildman–Crippen LogP) is 2.51. The first-order chi connectivity index (χ1) is 14.1. The summed E-state index contributed by atoms with van der Waals surface area (Å²) in [5.41, 5.74) is -0.528. The van der Waals surface area contributed by atoms with Crippen LogP contribution in [-0.4, -0.2) is 61.3 Å². The second-order valence-electron chi connectivity index (χ2n) is 7.76. The van der Waals surface area contributed by atoms with E-state index in [-0.39, 0.29) is 24.9 Å². The van der Waals surface area contributed by atoms with Gasteiger partial charge in [-0.15, -0.1) is 0 Å². The van der Waals surface area contributed by atoms with Crippen molar-refractivity contribution < 1.29 is 21.8 Å². The summed E-state index contributed by atoms with van der Waals surface area (Å²) in [4.78, 5) is 10.2. The Kier molecular flexibility index (Phi) is 6.95. The minimum atomic E-state index is -4.28. The summed E-state index contributed by atoms with van der Waals surface area (Å²) in [6.07, 6.45) is 7.96. The molecule has 1 heterocycles. The van der Waals surface area contributed by atoms with E-state index in [1.807, 2.05) is 0 Å². The standard InChI is InChI=1S/C19H27N3O6S2/c1-16-15-29(25,26)21(17-9-3-2-4-10-17)14-8-7-13-20(16)30(27,28)19-12-6-5-11-18(19)22(23)24/h5-8,11-12,16-17H,2-4,9-10,13-15H2,1H3/b8-7-/t16-/m0/s1. The van der Waals surface area contributed by atoms with Crippen LogP contribution < -0.4 is 0 Å². The Morgan fingerprint density at radius 2 is 1.70 bits per heavy atom. The third kappa shape index (κ3) is 4.74. The maximum Gasteiger partial charge on any atom is 0.289 e. The van der Waals surface area contributed by atoms with Gasteiger partial charge in [0.15, 0.2) is 4.90 Å². The van der Waals surface area contributed by atoms with Crippen molar-refractivity contribution in [1.29, 1.82) is 0 Å². The molecule has 0 spiro atoms. The Labute approximate surface area is 177 Å². The highest BCUT2D eigenvalue weighted by Crippen LogP contribution is 2.30. The van der Waals surface area contributed by atoms with E-state index in [9.17, 15) is 26.9 Å². The molecule has 1 fully saturated rings. The molecule has 1 aliphatic heterocycles. The van der Waals surface area contributed by atoms with Crippen LogP contribution in [0.3, 0.4) is 0 Å². The molecule has 0 amide bonds. The molecule has 166 valence electrons. The number of hydrogen-bond donors (Lipinski definition) is 0. The third-order valence-corrected chi connectivity index (χ3v) is 9.76. The van der Waals surface area contributed by atoms with Crippen molar-refractivity contribution >= 4 is 25.7 Å². The fourth-order valence-electron chi connectivity index (χ4n) is 4.17. The van der Waals surface area contributed by atoms with Crippen molar-refractivity contribution in [3.05, 3.63) is 46.5 Å². The molecule has 30 heavy (non-hydrogen) atoms. The summed E-state index contributed by atoms with van der Waals surface area (Å²) in [5, 5.41) is 11.3. The highest BCUT2D eigenvalue weighted by atomic mass is 32.2. The number of sulfonamides is 2. The normalized spacial score (nSPS) is 25.7. The number of rotatable bonds is 4. The Bertz CT molecular complexity index is 1020. The summed E-state index contributed by atoms with van der Waals surface area (Å²) >= 11 is 0. The van der Waals surface area contributed by atoms with Crippen molar-refractivity contribution in [2.75, 3.05) is 18.8 Å². The minimum Gasteiger partial charge on any atom is -0.258 e. The molecule has 0 aromatic heterocycles. The summed E-state index contributed by atoms with van der Waals surface area (Å²) in [7, 11) is -7.99. The first kappa shape index (κ1) is 22.9. The van der Waals surface area contributed by atoms with Crippen LogP contribution in [0.15, 0.2) is 41.3 Å². The van der Waals surface area contributed by atoms with Gasteiger partial charge in [0.2, 0.25) is 20.0 Å². The Hall–Kier alpha value is -1.82. The number of nitrogens with zero attached hydrogens (tertiary/aromatic N) is 3. The molecular weight excluding hydrogens is 430 g/mol. The molecule has 1 atom stereocenters. The van der Waals surface area contributed by atoms with Crippen LogP contribution in [0.1, 0.15) is 39.0 Å². The zero-order valence-electron chi connectivity index (χ0n) is 16.9. The second kappa shape index (κ2) is 9.13. The smallest absolute Gasteiger partial charge is 0.258 e. The number of benzene rings is 1. The lowest BCUT2D eigenvalue weighted by molar-refractivity contribution is -0.387. The molecule has 9 nitrogen and oxygen atoms in total. The summed E-state index contributed by atoms with van der Waals surface area (Å²) in [5.74, 6) is -0.370. The van der Waals surface area contributed by atoms with Crippen molar-refractivity contribution in [3.63, 3.8) is 0 Å². The molecule has 0 saturated heterocycles. The lowest BCUT2D eigenvalue weighted by Crippen LogP contribution is -2.47. The molecule has 1 aromatic carbocycles. The Balaban J connectivity index is 1.95. The Morgan fingerprint density at radius 1 is 1.07 bits per heavy atom. The van der Waals surface area contributed by atoms with Crippen molar-refractivity contribution in [2.24, 2.45) is 0 Å². The first-order valence-electron chi connectivity index (χ1n) is 10.0. The SMILES string of the molecule is C[C@H]1CS(=O)(=O)N(C2CCCCC2)C/C=C\CN1S(=O)(=O)c1ccccc1[N+](=O)[O-]. The molecule has 0 N–H and O–H groups in total. The Morgan fingerprint density at radius 3 is 2.37 bits per heavy atom. The van der Waals surface area contributed by atoms with Crippen LogP contribution in [0.2, 0.25) is 0 Å². The molecule has 1 aliphatic carbocycles.